The van der Waals surface area contributed by atoms with E-state index < -0.39 is 0 Å². The Morgan fingerprint density at radius 2 is 2.29 bits per heavy atom. The Balaban J connectivity index is 1.88. The molecule has 2 aliphatic heterocycles. The smallest absolute Gasteiger partial charge is 0.0951 e. The Morgan fingerprint density at radius 3 is 2.94 bits per heavy atom. The topological polar surface area (TPSA) is 47.7 Å². The molecule has 4 nitrogen and oxygen atoms in total. The van der Waals surface area contributed by atoms with E-state index in [-0.39, 0.29) is 5.60 Å². The second-order valence-electron chi connectivity index (χ2n) is 5.76. The third-order valence-corrected chi connectivity index (χ3v) is 4.16. The van der Waals surface area contributed by atoms with Gasteiger partial charge in [-0.3, -0.25) is 0 Å². The molecule has 3 unspecified atom stereocenters. The maximum Gasteiger partial charge on any atom is 0.0951 e. The van der Waals surface area contributed by atoms with Crippen LogP contribution in [0.25, 0.3) is 0 Å². The van der Waals surface area contributed by atoms with Crippen molar-refractivity contribution in [3.8, 4) is 0 Å². The lowest BCUT2D eigenvalue weighted by Gasteiger charge is -2.41. The van der Waals surface area contributed by atoms with E-state index in [4.69, 9.17) is 15.2 Å². The highest BCUT2D eigenvalue weighted by atomic mass is 16.6. The lowest BCUT2D eigenvalue weighted by Crippen LogP contribution is -2.49. The van der Waals surface area contributed by atoms with Crippen LogP contribution in [0.4, 0.5) is 0 Å². The minimum atomic E-state index is 0.0170. The van der Waals surface area contributed by atoms with Gasteiger partial charge in [0.15, 0.2) is 0 Å². The highest BCUT2D eigenvalue weighted by Gasteiger charge is 2.41. The molecule has 2 fully saturated rings. The molecule has 100 valence electrons. The minimum Gasteiger partial charge on any atom is -0.378 e. The molecule has 17 heavy (non-hydrogen) atoms. The molecule has 1 spiro atoms. The molecule has 2 aliphatic rings. The Kier molecular flexibility index (Phi) is 4.42. The Labute approximate surface area is 104 Å². The van der Waals surface area contributed by atoms with Gasteiger partial charge in [-0.05, 0) is 32.4 Å². The minimum absolute atomic E-state index is 0.0170. The number of nitrogens with two attached hydrogens (primary N) is 1. The van der Waals surface area contributed by atoms with Crippen molar-refractivity contribution in [3.63, 3.8) is 0 Å². The summed E-state index contributed by atoms with van der Waals surface area (Å²) in [6, 6.07) is 0.624. The van der Waals surface area contributed by atoms with Crippen molar-refractivity contribution in [2.45, 2.75) is 37.8 Å². The van der Waals surface area contributed by atoms with E-state index in [9.17, 15) is 0 Å². The van der Waals surface area contributed by atoms with Crippen molar-refractivity contribution in [2.75, 3.05) is 40.0 Å². The van der Waals surface area contributed by atoms with Crippen molar-refractivity contribution in [2.24, 2.45) is 11.7 Å². The van der Waals surface area contributed by atoms with Gasteiger partial charge in [-0.25, -0.2) is 0 Å². The molecule has 0 radical (unpaired) electrons. The summed E-state index contributed by atoms with van der Waals surface area (Å²) in [6.07, 6.45) is 3.31. The Hall–Kier alpha value is -0.160. The summed E-state index contributed by atoms with van der Waals surface area (Å²) in [6.45, 7) is 6.57. The first-order valence-corrected chi connectivity index (χ1v) is 6.77. The number of ether oxygens (including phenoxy) is 2. The van der Waals surface area contributed by atoms with Crippen LogP contribution in [-0.2, 0) is 9.47 Å². The zero-order valence-corrected chi connectivity index (χ0v) is 11.2. The maximum absolute atomic E-state index is 5.96. The van der Waals surface area contributed by atoms with Crippen molar-refractivity contribution >= 4 is 0 Å². The Morgan fingerprint density at radius 1 is 1.47 bits per heavy atom. The SMILES string of the molecule is CC(CN)CN(C)C1CCOC2(CCOC2)C1. The molecule has 0 amide bonds. The summed E-state index contributed by atoms with van der Waals surface area (Å²) in [4.78, 5) is 2.46. The van der Waals surface area contributed by atoms with Gasteiger partial charge in [0.1, 0.15) is 0 Å². The van der Waals surface area contributed by atoms with E-state index in [1.165, 1.54) is 0 Å². The van der Waals surface area contributed by atoms with E-state index in [1.807, 2.05) is 0 Å². The van der Waals surface area contributed by atoms with Crippen LogP contribution in [0.5, 0.6) is 0 Å². The second kappa shape index (κ2) is 5.65. The molecule has 0 aromatic heterocycles. The van der Waals surface area contributed by atoms with E-state index in [0.29, 0.717) is 12.0 Å². The van der Waals surface area contributed by atoms with Crippen LogP contribution >= 0.6 is 0 Å². The maximum atomic E-state index is 5.96. The van der Waals surface area contributed by atoms with Gasteiger partial charge in [0, 0.05) is 32.2 Å². The van der Waals surface area contributed by atoms with E-state index in [1.54, 1.807) is 0 Å². The van der Waals surface area contributed by atoms with Crippen LogP contribution in [0.3, 0.4) is 0 Å². The zero-order chi connectivity index (χ0) is 12.3. The van der Waals surface area contributed by atoms with Crippen LogP contribution in [0.15, 0.2) is 0 Å². The number of rotatable bonds is 4. The molecule has 0 bridgehead atoms. The van der Waals surface area contributed by atoms with Crippen molar-refractivity contribution in [1.82, 2.24) is 4.90 Å². The molecule has 0 aromatic rings. The molecule has 2 heterocycles. The summed E-state index contributed by atoms with van der Waals surface area (Å²) in [5, 5.41) is 0. The predicted molar refractivity (Wildman–Crippen MR) is 68.0 cm³/mol. The molecule has 0 saturated carbocycles. The normalized spacial score (nSPS) is 35.6. The van der Waals surface area contributed by atoms with Crippen molar-refractivity contribution < 1.29 is 9.47 Å². The van der Waals surface area contributed by atoms with Crippen LogP contribution in [0, 0.1) is 5.92 Å². The highest BCUT2D eigenvalue weighted by molar-refractivity contribution is 4.93. The molecule has 0 aromatic carbocycles. The average Bonchev–Trinajstić information content (AvgIpc) is 2.77. The van der Waals surface area contributed by atoms with Gasteiger partial charge in [0.25, 0.3) is 0 Å². The van der Waals surface area contributed by atoms with Gasteiger partial charge in [-0.15, -0.1) is 0 Å². The predicted octanol–water partition coefficient (Wildman–Crippen LogP) is 0.851. The molecule has 2 saturated heterocycles. The van der Waals surface area contributed by atoms with Gasteiger partial charge in [0.05, 0.1) is 12.2 Å². The van der Waals surface area contributed by atoms with Gasteiger partial charge in [-0.2, -0.15) is 0 Å². The third kappa shape index (κ3) is 3.19. The van der Waals surface area contributed by atoms with Gasteiger partial charge < -0.3 is 20.1 Å². The Bertz CT molecular complexity index is 242. The summed E-state index contributed by atoms with van der Waals surface area (Å²) >= 11 is 0. The molecular weight excluding hydrogens is 216 g/mol. The van der Waals surface area contributed by atoms with Crippen molar-refractivity contribution in [1.29, 1.82) is 0 Å². The summed E-state index contributed by atoms with van der Waals surface area (Å²) in [5.74, 6) is 0.568. The first-order valence-electron chi connectivity index (χ1n) is 6.77. The fourth-order valence-corrected chi connectivity index (χ4v) is 2.96. The quantitative estimate of drug-likeness (QED) is 0.794. The zero-order valence-electron chi connectivity index (χ0n) is 11.2. The third-order valence-electron chi connectivity index (χ3n) is 4.16. The molecule has 2 N–H and O–H groups in total. The standard InChI is InChI=1S/C13H26N2O2/c1-11(8-14)9-15(2)12-3-5-17-13(7-12)4-6-16-10-13/h11-12H,3-10,14H2,1-2H3. The van der Waals surface area contributed by atoms with E-state index in [0.717, 1.165) is 52.2 Å². The molecular formula is C13H26N2O2. The molecule has 4 heteroatoms. The summed E-state index contributed by atoms with van der Waals surface area (Å²) in [5.41, 5.74) is 5.71. The fraction of sp³-hybridized carbons (Fsp3) is 1.00. The van der Waals surface area contributed by atoms with Crippen LogP contribution in [-0.4, -0.2) is 56.5 Å². The van der Waals surface area contributed by atoms with Crippen LogP contribution < -0.4 is 5.73 Å². The molecule has 0 aliphatic carbocycles. The van der Waals surface area contributed by atoms with Gasteiger partial charge >= 0.3 is 0 Å². The first kappa shape index (κ1) is 13.3. The van der Waals surface area contributed by atoms with Crippen molar-refractivity contribution in [3.05, 3.63) is 0 Å². The lowest BCUT2D eigenvalue weighted by atomic mass is 9.88. The monoisotopic (exact) mass is 242 g/mol. The number of hydrogen-bond donors (Lipinski definition) is 1. The van der Waals surface area contributed by atoms with E-state index in [2.05, 4.69) is 18.9 Å². The van der Waals surface area contributed by atoms with E-state index >= 15 is 0 Å². The fourth-order valence-electron chi connectivity index (χ4n) is 2.96. The highest BCUT2D eigenvalue weighted by Crippen LogP contribution is 2.34. The van der Waals surface area contributed by atoms with Gasteiger partial charge in [0.2, 0.25) is 0 Å². The second-order valence-corrected chi connectivity index (χ2v) is 5.76. The average molecular weight is 242 g/mol. The first-order chi connectivity index (χ1) is 8.15. The summed E-state index contributed by atoms with van der Waals surface area (Å²) in [7, 11) is 2.21. The molecule has 3 atom stereocenters. The molecule has 2 rings (SSSR count). The van der Waals surface area contributed by atoms with Gasteiger partial charge in [-0.1, -0.05) is 6.92 Å². The number of nitrogens with zero attached hydrogens (tertiary/aromatic N) is 1. The largest absolute Gasteiger partial charge is 0.378 e. The summed E-state index contributed by atoms with van der Waals surface area (Å²) < 4.78 is 11.5. The van der Waals surface area contributed by atoms with Crippen LogP contribution in [0.1, 0.15) is 26.2 Å². The van der Waals surface area contributed by atoms with Crippen LogP contribution in [0.2, 0.25) is 0 Å². The lowest BCUT2D eigenvalue weighted by molar-refractivity contribution is -0.104. The number of hydrogen-bond acceptors (Lipinski definition) is 4.